The van der Waals surface area contributed by atoms with E-state index in [1.807, 2.05) is 0 Å². The first-order valence-electron chi connectivity index (χ1n) is 8.21. The fourth-order valence-electron chi connectivity index (χ4n) is 2.37. The molecule has 1 saturated heterocycles. The number of amides is 1. The van der Waals surface area contributed by atoms with Crippen LogP contribution in [0.15, 0.2) is 28.0 Å². The predicted molar refractivity (Wildman–Crippen MR) is 93.6 cm³/mol. The van der Waals surface area contributed by atoms with E-state index in [9.17, 15) is 49.9 Å². The van der Waals surface area contributed by atoms with Gasteiger partial charge >= 0.3 is 17.4 Å². The third kappa shape index (κ3) is 5.65. The van der Waals surface area contributed by atoms with Crippen LogP contribution in [0.5, 0.6) is 0 Å². The number of rotatable bonds is 7. The lowest BCUT2D eigenvalue weighted by molar-refractivity contribution is -0.388. The van der Waals surface area contributed by atoms with Crippen molar-refractivity contribution in [1.29, 1.82) is 0 Å². The molecule has 0 radical (unpaired) electrons. The molecule has 1 unspecified atom stereocenters. The standard InChI is InChI=1S/C15H13F7N2O5S2/c16-13(17,14(18,19)20)15(21,22)30-9-1-2-11(10(7-9)24(26)27)31(28)8-12(25)23-3-5-29-6-4-23/h1-2,7H,3-6,8H2. The summed E-state index contributed by atoms with van der Waals surface area (Å²) >= 11 is -1.23. The highest BCUT2D eigenvalue weighted by molar-refractivity contribution is 8.00. The number of morpholine rings is 1. The van der Waals surface area contributed by atoms with Crippen molar-refractivity contribution in [2.75, 3.05) is 32.1 Å². The maximum Gasteiger partial charge on any atom is 0.460 e. The largest absolute Gasteiger partial charge is 0.460 e. The summed E-state index contributed by atoms with van der Waals surface area (Å²) in [6, 6.07) is 1.56. The van der Waals surface area contributed by atoms with Crippen LogP contribution in [0.25, 0.3) is 0 Å². The molecule has 0 N–H and O–H groups in total. The minimum Gasteiger partial charge on any atom is -0.378 e. The maximum absolute atomic E-state index is 13.6. The van der Waals surface area contributed by atoms with Gasteiger partial charge in [-0.1, -0.05) is 0 Å². The Morgan fingerprint density at radius 3 is 2.26 bits per heavy atom. The fraction of sp³-hybridized carbons (Fsp3) is 0.533. The molecule has 1 heterocycles. The maximum atomic E-state index is 13.6. The summed E-state index contributed by atoms with van der Waals surface area (Å²) in [5.41, 5.74) is -1.07. The van der Waals surface area contributed by atoms with E-state index in [-0.39, 0.29) is 26.3 Å². The van der Waals surface area contributed by atoms with Crippen molar-refractivity contribution in [2.45, 2.75) is 27.1 Å². The molecule has 1 aromatic carbocycles. The molecule has 1 amide bonds. The average Bonchev–Trinajstić information content (AvgIpc) is 2.67. The fourth-order valence-corrected chi connectivity index (χ4v) is 4.36. The van der Waals surface area contributed by atoms with Gasteiger partial charge in [0.05, 0.1) is 28.9 Å². The molecule has 0 bridgehead atoms. The number of hydrogen-bond donors (Lipinski definition) is 0. The van der Waals surface area contributed by atoms with Gasteiger partial charge in [0.25, 0.3) is 5.69 Å². The molecule has 16 heteroatoms. The van der Waals surface area contributed by atoms with Crippen molar-refractivity contribution in [2.24, 2.45) is 0 Å². The number of nitro groups is 1. The minimum atomic E-state index is -6.56. The lowest BCUT2D eigenvalue weighted by atomic mass is 10.3. The molecular formula is C15H13F7N2O5S2. The number of benzene rings is 1. The first kappa shape index (κ1) is 25.3. The summed E-state index contributed by atoms with van der Waals surface area (Å²) in [6.45, 7) is 0.884. The van der Waals surface area contributed by atoms with Gasteiger partial charge in [-0.15, -0.1) is 0 Å². The normalized spacial score (nSPS) is 16.8. The van der Waals surface area contributed by atoms with Crippen LogP contribution in [0.2, 0.25) is 0 Å². The SMILES string of the molecule is O=C(CS(=O)c1ccc(SC(F)(F)C(F)(F)C(F)(F)F)cc1[N+](=O)[O-])N1CCOCC1. The van der Waals surface area contributed by atoms with E-state index in [2.05, 4.69) is 0 Å². The average molecular weight is 498 g/mol. The Balaban J connectivity index is 2.25. The van der Waals surface area contributed by atoms with E-state index in [1.165, 1.54) is 4.90 Å². The molecule has 0 aliphatic carbocycles. The van der Waals surface area contributed by atoms with Gasteiger partial charge in [-0.2, -0.15) is 30.7 Å². The Morgan fingerprint density at radius 2 is 1.74 bits per heavy atom. The second-order valence-corrected chi connectivity index (χ2v) is 8.67. The first-order valence-corrected chi connectivity index (χ1v) is 10.3. The van der Waals surface area contributed by atoms with Crippen LogP contribution in [0.3, 0.4) is 0 Å². The van der Waals surface area contributed by atoms with Gasteiger partial charge < -0.3 is 9.64 Å². The van der Waals surface area contributed by atoms with Gasteiger partial charge in [-0.3, -0.25) is 19.1 Å². The summed E-state index contributed by atoms with van der Waals surface area (Å²) < 4.78 is 107. The van der Waals surface area contributed by atoms with Gasteiger partial charge in [0.15, 0.2) is 0 Å². The van der Waals surface area contributed by atoms with E-state index >= 15 is 0 Å². The Hall–Kier alpha value is -1.94. The number of carbonyl (C=O) groups is 1. The molecule has 1 aromatic rings. The van der Waals surface area contributed by atoms with Crippen LogP contribution < -0.4 is 0 Å². The quantitative estimate of drug-likeness (QED) is 0.248. The Kier molecular flexibility index (Phi) is 7.58. The Bertz CT molecular complexity index is 876. The van der Waals surface area contributed by atoms with Crippen LogP contribution in [0.4, 0.5) is 36.4 Å². The van der Waals surface area contributed by atoms with Crippen molar-refractivity contribution >= 4 is 34.2 Å². The molecule has 174 valence electrons. The number of thioether (sulfide) groups is 1. The molecule has 31 heavy (non-hydrogen) atoms. The van der Waals surface area contributed by atoms with Crippen LogP contribution in [-0.4, -0.2) is 69.3 Å². The van der Waals surface area contributed by atoms with E-state index in [0.29, 0.717) is 18.2 Å². The molecule has 1 fully saturated rings. The summed E-state index contributed by atoms with van der Waals surface area (Å²) in [5.74, 6) is -7.72. The van der Waals surface area contributed by atoms with Gasteiger partial charge in [0, 0.05) is 24.1 Å². The summed E-state index contributed by atoms with van der Waals surface area (Å²) in [6.07, 6.45) is -6.56. The van der Waals surface area contributed by atoms with Crippen LogP contribution in [-0.2, 0) is 20.3 Å². The molecular weight excluding hydrogens is 485 g/mol. The molecule has 0 aromatic heterocycles. The smallest absolute Gasteiger partial charge is 0.378 e. The van der Waals surface area contributed by atoms with Crippen LogP contribution in [0, 0.1) is 10.1 Å². The topological polar surface area (TPSA) is 89.8 Å². The first-order chi connectivity index (χ1) is 14.2. The van der Waals surface area contributed by atoms with Gasteiger partial charge in [-0.05, 0) is 23.9 Å². The third-order valence-corrected chi connectivity index (χ3v) is 6.31. The second-order valence-electron chi connectivity index (χ2n) is 6.06. The third-order valence-electron chi connectivity index (χ3n) is 3.96. The molecule has 0 spiro atoms. The highest BCUT2D eigenvalue weighted by Crippen LogP contribution is 2.54. The number of nitro benzene ring substituents is 1. The molecule has 1 aliphatic rings. The van der Waals surface area contributed by atoms with E-state index < -0.39 is 72.0 Å². The molecule has 2 rings (SSSR count). The van der Waals surface area contributed by atoms with Crippen LogP contribution >= 0.6 is 11.8 Å². The number of nitrogens with zero attached hydrogens (tertiary/aromatic N) is 2. The molecule has 1 atom stereocenters. The zero-order valence-corrected chi connectivity index (χ0v) is 16.8. The van der Waals surface area contributed by atoms with Crippen molar-refractivity contribution in [1.82, 2.24) is 4.90 Å². The lowest BCUT2D eigenvalue weighted by Crippen LogP contribution is -2.49. The van der Waals surface area contributed by atoms with E-state index in [0.717, 1.165) is 0 Å². The Morgan fingerprint density at radius 1 is 1.16 bits per heavy atom. The van der Waals surface area contributed by atoms with Crippen LogP contribution in [0.1, 0.15) is 0 Å². The predicted octanol–water partition coefficient (Wildman–Crippen LogP) is 3.44. The van der Waals surface area contributed by atoms with Crippen molar-refractivity contribution in [3.05, 3.63) is 28.3 Å². The minimum absolute atomic E-state index is 0.205. The van der Waals surface area contributed by atoms with Crippen molar-refractivity contribution < 1.29 is 49.4 Å². The summed E-state index contributed by atoms with van der Waals surface area (Å²) in [7, 11) is -2.31. The van der Waals surface area contributed by atoms with Gasteiger partial charge in [0.2, 0.25) is 5.91 Å². The zero-order valence-electron chi connectivity index (χ0n) is 15.2. The van der Waals surface area contributed by atoms with E-state index in [1.54, 1.807) is 0 Å². The number of carbonyl (C=O) groups excluding carboxylic acids is 1. The van der Waals surface area contributed by atoms with Crippen molar-refractivity contribution in [3.8, 4) is 0 Å². The highest BCUT2D eigenvalue weighted by atomic mass is 32.2. The van der Waals surface area contributed by atoms with Gasteiger partial charge in [-0.25, -0.2) is 0 Å². The number of ether oxygens (including phenoxy) is 1. The summed E-state index contributed by atoms with van der Waals surface area (Å²) in [4.78, 5) is 21.9. The molecule has 1 aliphatic heterocycles. The van der Waals surface area contributed by atoms with E-state index in [4.69, 9.17) is 4.74 Å². The number of hydrogen-bond acceptors (Lipinski definition) is 6. The van der Waals surface area contributed by atoms with Gasteiger partial charge in [0.1, 0.15) is 10.6 Å². The number of halogens is 7. The molecule has 0 saturated carbocycles. The lowest BCUT2D eigenvalue weighted by Gasteiger charge is -2.27. The highest BCUT2D eigenvalue weighted by Gasteiger charge is 2.73. The van der Waals surface area contributed by atoms with Crippen molar-refractivity contribution in [3.63, 3.8) is 0 Å². The second kappa shape index (κ2) is 9.28. The monoisotopic (exact) mass is 498 g/mol. The Labute approximate surface area is 176 Å². The summed E-state index contributed by atoms with van der Waals surface area (Å²) in [5, 5.41) is 5.55. The molecule has 7 nitrogen and oxygen atoms in total. The zero-order chi connectivity index (χ0) is 23.6. The number of alkyl halides is 7.